The maximum Gasteiger partial charge on any atom is 0.207 e. The van der Waals surface area contributed by atoms with Gasteiger partial charge in [0.15, 0.2) is 15.8 Å². The number of allylic oxidation sites excluding steroid dienone is 4. The number of rotatable bonds is 8. The number of hydrogen-bond donors (Lipinski definition) is 4. The maximum atomic E-state index is 14.0. The molecule has 9 heterocycles. The Bertz CT molecular complexity index is 2630. The van der Waals surface area contributed by atoms with E-state index in [1.54, 1.807) is 0 Å². The Balaban J connectivity index is 1.23. The van der Waals surface area contributed by atoms with Gasteiger partial charge in [-0.1, -0.05) is 93.5 Å². The topological polar surface area (TPSA) is 136 Å². The third-order valence-corrected chi connectivity index (χ3v) is 21.2. The van der Waals surface area contributed by atoms with Crippen LogP contribution in [-0.2, 0) is 25.6 Å². The zero-order valence-corrected chi connectivity index (χ0v) is 32.8. The highest BCUT2D eigenvalue weighted by atomic mass is 32.3. The first-order valence-corrected chi connectivity index (χ1v) is 22.6. The van der Waals surface area contributed by atoms with Crippen LogP contribution in [0.4, 0.5) is 5.82 Å². The Labute approximate surface area is 318 Å². The fourth-order valence-electron chi connectivity index (χ4n) is 9.60. The molecule has 4 N–H and O–H groups in total. The van der Waals surface area contributed by atoms with Gasteiger partial charge in [0.05, 0.1) is 32.5 Å². The number of aromatic nitrogens is 2. The van der Waals surface area contributed by atoms with Gasteiger partial charge in [-0.25, -0.2) is 4.99 Å². The molecule has 4 fully saturated rings. The Kier molecular flexibility index (Phi) is 6.97. The van der Waals surface area contributed by atoms with Gasteiger partial charge in [0.25, 0.3) is 0 Å². The fourth-order valence-corrected chi connectivity index (χ4v) is 18.8. The van der Waals surface area contributed by atoms with Crippen molar-refractivity contribution in [3.05, 3.63) is 110 Å². The van der Waals surface area contributed by atoms with E-state index in [0.717, 1.165) is 78.3 Å². The Morgan fingerprint density at radius 3 is 2.55 bits per heavy atom. The quantitative estimate of drug-likeness (QED) is 0.111. The Hall–Kier alpha value is -4.04. The molecular formula is C40H37N5O4S4. The van der Waals surface area contributed by atoms with Crippen molar-refractivity contribution < 1.29 is 19.2 Å². The molecule has 270 valence electrons. The molecule has 4 saturated heterocycles. The number of carbonyl (C=O) groups is 4. The molecule has 9 nitrogen and oxygen atoms in total. The highest BCUT2D eigenvalue weighted by Gasteiger charge is 2.89. The molecule has 53 heavy (non-hydrogen) atoms. The first-order chi connectivity index (χ1) is 25.4. The van der Waals surface area contributed by atoms with Crippen LogP contribution in [0.25, 0.3) is 17.1 Å². The van der Waals surface area contributed by atoms with Crippen LogP contribution >= 0.6 is 44.0 Å². The first-order valence-electron chi connectivity index (χ1n) is 17.8. The zero-order chi connectivity index (χ0) is 36.9. The third-order valence-electron chi connectivity index (χ3n) is 12.3. The number of carbonyl (C=O) groups excluding carboxylic acids is 4. The molecule has 2 aromatic rings. The number of aromatic amines is 2. The summed E-state index contributed by atoms with van der Waals surface area (Å²) in [6.07, 6.45) is 15.1. The van der Waals surface area contributed by atoms with Crippen LogP contribution in [0.3, 0.4) is 0 Å². The lowest BCUT2D eigenvalue weighted by Gasteiger charge is -2.19. The summed E-state index contributed by atoms with van der Waals surface area (Å²) in [5, 5.41) is 8.64. The van der Waals surface area contributed by atoms with E-state index in [9.17, 15) is 19.2 Å². The van der Waals surface area contributed by atoms with Gasteiger partial charge in [-0.3, -0.25) is 19.2 Å². The lowest BCUT2D eigenvalue weighted by Crippen LogP contribution is -2.25. The van der Waals surface area contributed by atoms with E-state index in [2.05, 4.69) is 84.9 Å². The molecule has 0 aromatic carbocycles. The van der Waals surface area contributed by atoms with Gasteiger partial charge in [-0.05, 0) is 48.6 Å². The molecule has 1 spiro atoms. The maximum absolute atomic E-state index is 14.0. The van der Waals surface area contributed by atoms with Crippen molar-refractivity contribution in [1.82, 2.24) is 20.6 Å². The first kappa shape index (κ1) is 33.5. The molecule has 8 bridgehead atoms. The second-order valence-electron chi connectivity index (χ2n) is 14.9. The summed E-state index contributed by atoms with van der Waals surface area (Å²) in [5.41, 5.74) is 9.50. The summed E-state index contributed by atoms with van der Waals surface area (Å²) < 4.78 is 0. The van der Waals surface area contributed by atoms with Gasteiger partial charge in [0.2, 0.25) is 5.12 Å². The monoisotopic (exact) mass is 779 g/mol. The van der Waals surface area contributed by atoms with Gasteiger partial charge >= 0.3 is 0 Å². The van der Waals surface area contributed by atoms with Gasteiger partial charge < -0.3 is 20.6 Å². The smallest absolute Gasteiger partial charge is 0.207 e. The zero-order valence-electron chi connectivity index (χ0n) is 29.5. The van der Waals surface area contributed by atoms with Crippen LogP contribution in [0, 0.1) is 11.8 Å². The van der Waals surface area contributed by atoms with E-state index < -0.39 is 8.75 Å². The molecule has 7 atom stereocenters. The molecule has 7 unspecified atom stereocenters. The largest absolute Gasteiger partial charge is 0.359 e. The number of nitrogens with zero attached hydrogens (tertiary/aromatic N) is 1. The van der Waals surface area contributed by atoms with E-state index in [1.165, 1.54) is 28.4 Å². The van der Waals surface area contributed by atoms with Gasteiger partial charge in [-0.15, -0.1) is 8.75 Å². The molecule has 0 amide bonds. The van der Waals surface area contributed by atoms with Crippen LogP contribution in [0.5, 0.6) is 0 Å². The summed E-state index contributed by atoms with van der Waals surface area (Å²) in [6.45, 7) is 17.1. The summed E-state index contributed by atoms with van der Waals surface area (Å²) in [7, 11) is -2.75. The molecule has 7 aliphatic heterocycles. The van der Waals surface area contributed by atoms with Crippen molar-refractivity contribution in [2.45, 2.75) is 61.0 Å². The van der Waals surface area contributed by atoms with Crippen LogP contribution in [-0.4, -0.2) is 51.7 Å². The second-order valence-corrected chi connectivity index (χ2v) is 22.7. The van der Waals surface area contributed by atoms with Crippen molar-refractivity contribution in [1.29, 1.82) is 0 Å². The average Bonchev–Trinajstić information content (AvgIpc) is 3.77. The molecule has 13 heteroatoms. The standard InChI is InChI=1S/C40H37N5O4S4/c1-7-21-31(20(6)50-15-46)24-14-29-42-25(35-27-10-11-28-40(49)53(27,28,29)35)13-22(18(4)16(2)8-9-26-38(47)51-26)41-17(3)12-23-32-30-19(5)34(52-39(30)48)33(32)37(44-23)45-36(21)43-24/h8-16,19,26-28,30,34,41-42,44H,4,6-7H2,1-3,5H3,(H,43,45)/b9-8-,17-12?,22-13?,24-14?. The lowest BCUT2D eigenvalue weighted by molar-refractivity contribution is -0.112. The number of hydrogen-bond acceptors (Lipinski definition) is 10. The fraction of sp³-hybridized carbons (Fsp3) is 0.300. The Morgan fingerprint density at radius 2 is 1.83 bits per heavy atom. The Morgan fingerprint density at radius 1 is 1.06 bits per heavy atom. The van der Waals surface area contributed by atoms with E-state index >= 15 is 0 Å². The molecule has 0 saturated carbocycles. The van der Waals surface area contributed by atoms with Gasteiger partial charge in [-0.2, -0.15) is 0 Å². The molecule has 1 aliphatic carbocycles. The van der Waals surface area contributed by atoms with Crippen LogP contribution in [0.1, 0.15) is 66.8 Å². The minimum Gasteiger partial charge on any atom is -0.359 e. The van der Waals surface area contributed by atoms with Crippen LogP contribution < -0.4 is 21.5 Å². The molecule has 2 aromatic heterocycles. The molecule has 10 rings (SSSR count). The summed E-state index contributed by atoms with van der Waals surface area (Å²) in [5.74, 6) is 0.535. The normalized spacial score (nSPS) is 31.1. The minimum absolute atomic E-state index is 0.0104. The predicted octanol–water partition coefficient (Wildman–Crippen LogP) is 5.96. The van der Waals surface area contributed by atoms with E-state index in [1.807, 2.05) is 19.1 Å². The third kappa shape index (κ3) is 4.11. The summed E-state index contributed by atoms with van der Waals surface area (Å²) in [6, 6.07) is 0. The van der Waals surface area contributed by atoms with Crippen LogP contribution in [0.2, 0.25) is 0 Å². The lowest BCUT2D eigenvalue weighted by atomic mass is 9.94. The molecule has 8 aliphatic rings. The van der Waals surface area contributed by atoms with Gasteiger partial charge in [0, 0.05) is 60.0 Å². The minimum atomic E-state index is -2.75. The van der Waals surface area contributed by atoms with Crippen molar-refractivity contribution in [2.24, 2.45) is 16.8 Å². The highest BCUT2D eigenvalue weighted by molar-refractivity contribution is 8.76. The highest BCUT2D eigenvalue weighted by Crippen LogP contribution is 3.05. The van der Waals surface area contributed by atoms with Crippen molar-refractivity contribution in [2.75, 3.05) is 0 Å². The van der Waals surface area contributed by atoms with E-state index in [-0.39, 0.29) is 49.0 Å². The molecule has 0 radical (unpaired) electrons. The van der Waals surface area contributed by atoms with E-state index in [0.29, 0.717) is 27.7 Å². The number of nitrogens with one attached hydrogen (secondary N) is 4. The summed E-state index contributed by atoms with van der Waals surface area (Å²) >= 11 is 3.76. The van der Waals surface area contributed by atoms with Crippen molar-refractivity contribution >= 4 is 92.9 Å². The van der Waals surface area contributed by atoms with Gasteiger partial charge in [0.1, 0.15) is 11.3 Å². The number of thioether (sulfide) groups is 3. The SMILES string of the molecule is C=C(SC=O)c1c(CC)c2[nH]c1=CC1=S345C(=O)C3C=CC4C5=C(C=C(C(=C)C(C)/C=C\C3SC3=O)NC(C)=Cc3[nH]c(c4c3C3C(=O)SC4C3C)N=2)N1. The van der Waals surface area contributed by atoms with Crippen molar-refractivity contribution in [3.63, 3.8) is 0 Å². The van der Waals surface area contributed by atoms with Crippen molar-refractivity contribution in [3.8, 4) is 0 Å². The van der Waals surface area contributed by atoms with E-state index in [4.69, 9.17) is 4.99 Å². The van der Waals surface area contributed by atoms with Crippen LogP contribution in [0.15, 0.2) is 76.1 Å². The predicted molar refractivity (Wildman–Crippen MR) is 220 cm³/mol. The second kappa shape index (κ2) is 11.0. The average molecular weight is 780 g/mol. The number of fused-ring (bicyclic) bond motifs is 14. The number of H-pyrrole nitrogens is 2. The summed E-state index contributed by atoms with van der Waals surface area (Å²) in [4.78, 5) is 66.1. The molecular weight excluding hydrogens is 743 g/mol.